The molecule has 1 amide bonds. The summed E-state index contributed by atoms with van der Waals surface area (Å²) in [5.74, 6) is 1.33. The van der Waals surface area contributed by atoms with Gasteiger partial charge in [-0.05, 0) is 55.7 Å². The highest BCUT2D eigenvalue weighted by molar-refractivity contribution is 6.04. The van der Waals surface area contributed by atoms with Crippen LogP contribution in [0.3, 0.4) is 0 Å². The standard InChI is InChI=1S/C21H25NO4/c1-2-12-24-18-10-8-16(9-11-18)21(23)22-17-5-3-6-19(14-17)26-15-20-7-4-13-25-20/h3,5-6,8-11,14,20H,2,4,7,12-13,15H2,1H3,(H,22,23). The first-order chi connectivity index (χ1) is 12.7. The Kier molecular flexibility index (Phi) is 6.50. The van der Waals surface area contributed by atoms with E-state index in [0.29, 0.717) is 24.5 Å². The Morgan fingerprint density at radius 3 is 2.73 bits per heavy atom. The summed E-state index contributed by atoms with van der Waals surface area (Å²) in [6, 6.07) is 14.6. The number of nitrogens with one attached hydrogen (secondary N) is 1. The van der Waals surface area contributed by atoms with E-state index in [4.69, 9.17) is 14.2 Å². The third-order valence-electron chi connectivity index (χ3n) is 4.14. The molecule has 0 aromatic heterocycles. The normalized spacial score (nSPS) is 16.3. The minimum atomic E-state index is -0.164. The van der Waals surface area contributed by atoms with Crippen molar-refractivity contribution >= 4 is 11.6 Å². The lowest BCUT2D eigenvalue weighted by molar-refractivity contribution is 0.0680. The number of benzene rings is 2. The van der Waals surface area contributed by atoms with Gasteiger partial charge in [0.05, 0.1) is 12.7 Å². The Bertz CT molecular complexity index is 708. The lowest BCUT2D eigenvalue weighted by atomic mass is 10.2. The largest absolute Gasteiger partial charge is 0.494 e. The maximum absolute atomic E-state index is 12.4. The van der Waals surface area contributed by atoms with Crippen molar-refractivity contribution in [3.63, 3.8) is 0 Å². The van der Waals surface area contributed by atoms with E-state index in [1.165, 1.54) is 0 Å². The molecular formula is C21H25NO4. The van der Waals surface area contributed by atoms with E-state index in [0.717, 1.165) is 37.4 Å². The zero-order valence-corrected chi connectivity index (χ0v) is 15.1. The lowest BCUT2D eigenvalue weighted by Gasteiger charge is -2.12. The third-order valence-corrected chi connectivity index (χ3v) is 4.14. The van der Waals surface area contributed by atoms with Crippen molar-refractivity contribution in [3.05, 3.63) is 54.1 Å². The predicted molar refractivity (Wildman–Crippen MR) is 101 cm³/mol. The molecule has 0 aliphatic carbocycles. The third kappa shape index (κ3) is 5.23. The molecule has 1 aliphatic rings. The van der Waals surface area contributed by atoms with E-state index in [1.807, 2.05) is 36.4 Å². The van der Waals surface area contributed by atoms with Crippen LogP contribution in [0.2, 0.25) is 0 Å². The van der Waals surface area contributed by atoms with Crippen LogP contribution < -0.4 is 14.8 Å². The van der Waals surface area contributed by atoms with Crippen LogP contribution in [-0.4, -0.2) is 31.8 Å². The van der Waals surface area contributed by atoms with Crippen LogP contribution in [-0.2, 0) is 4.74 Å². The number of rotatable bonds is 8. The highest BCUT2D eigenvalue weighted by Gasteiger charge is 2.16. The van der Waals surface area contributed by atoms with Crippen LogP contribution in [0.1, 0.15) is 36.5 Å². The van der Waals surface area contributed by atoms with E-state index < -0.39 is 0 Å². The van der Waals surface area contributed by atoms with Crippen molar-refractivity contribution in [2.45, 2.75) is 32.3 Å². The van der Waals surface area contributed by atoms with Gasteiger partial charge in [-0.15, -0.1) is 0 Å². The maximum Gasteiger partial charge on any atom is 0.255 e. The van der Waals surface area contributed by atoms with Gasteiger partial charge in [0.1, 0.15) is 18.1 Å². The minimum Gasteiger partial charge on any atom is -0.494 e. The molecule has 2 aromatic rings. The summed E-state index contributed by atoms with van der Waals surface area (Å²) in [6.45, 7) is 4.08. The van der Waals surface area contributed by atoms with Gasteiger partial charge in [0, 0.05) is 23.9 Å². The average molecular weight is 355 g/mol. The van der Waals surface area contributed by atoms with E-state index in [1.54, 1.807) is 12.1 Å². The molecule has 0 spiro atoms. The Hall–Kier alpha value is -2.53. The molecule has 0 saturated carbocycles. The number of amides is 1. The molecule has 1 aliphatic heterocycles. The number of hydrogen-bond acceptors (Lipinski definition) is 4. The molecule has 0 bridgehead atoms. The van der Waals surface area contributed by atoms with Crippen LogP contribution in [0.15, 0.2) is 48.5 Å². The first-order valence-corrected chi connectivity index (χ1v) is 9.13. The molecule has 1 N–H and O–H groups in total. The van der Waals surface area contributed by atoms with Crippen LogP contribution in [0.25, 0.3) is 0 Å². The molecule has 1 atom stereocenters. The minimum absolute atomic E-state index is 0.164. The van der Waals surface area contributed by atoms with Crippen LogP contribution in [0, 0.1) is 0 Å². The number of anilines is 1. The van der Waals surface area contributed by atoms with Crippen molar-refractivity contribution in [2.24, 2.45) is 0 Å². The van der Waals surface area contributed by atoms with E-state index in [-0.39, 0.29) is 12.0 Å². The maximum atomic E-state index is 12.4. The van der Waals surface area contributed by atoms with Gasteiger partial charge in [-0.2, -0.15) is 0 Å². The van der Waals surface area contributed by atoms with Crippen molar-refractivity contribution in [3.8, 4) is 11.5 Å². The molecule has 1 fully saturated rings. The average Bonchev–Trinajstić information content (AvgIpc) is 3.19. The fraction of sp³-hybridized carbons (Fsp3) is 0.381. The summed E-state index contributed by atoms with van der Waals surface area (Å²) in [7, 11) is 0. The number of carbonyl (C=O) groups excluding carboxylic acids is 1. The highest BCUT2D eigenvalue weighted by Crippen LogP contribution is 2.21. The van der Waals surface area contributed by atoms with Gasteiger partial charge in [0.25, 0.3) is 5.91 Å². The van der Waals surface area contributed by atoms with Gasteiger partial charge in [-0.1, -0.05) is 13.0 Å². The molecular weight excluding hydrogens is 330 g/mol. The smallest absolute Gasteiger partial charge is 0.255 e. The molecule has 5 heteroatoms. The molecule has 2 aromatic carbocycles. The van der Waals surface area contributed by atoms with Gasteiger partial charge >= 0.3 is 0 Å². The molecule has 138 valence electrons. The Morgan fingerprint density at radius 1 is 1.15 bits per heavy atom. The summed E-state index contributed by atoms with van der Waals surface area (Å²) in [6.07, 6.45) is 3.25. The lowest BCUT2D eigenvalue weighted by Crippen LogP contribution is -2.16. The van der Waals surface area contributed by atoms with E-state index in [9.17, 15) is 4.79 Å². The van der Waals surface area contributed by atoms with Gasteiger partial charge in [0.2, 0.25) is 0 Å². The fourth-order valence-electron chi connectivity index (χ4n) is 2.75. The molecule has 1 saturated heterocycles. The van der Waals surface area contributed by atoms with Crippen LogP contribution >= 0.6 is 0 Å². The topological polar surface area (TPSA) is 56.8 Å². The van der Waals surface area contributed by atoms with Crippen molar-refractivity contribution < 1.29 is 19.0 Å². The summed E-state index contributed by atoms with van der Waals surface area (Å²) >= 11 is 0. The highest BCUT2D eigenvalue weighted by atomic mass is 16.5. The number of carbonyl (C=O) groups is 1. The van der Waals surface area contributed by atoms with Crippen LogP contribution in [0.4, 0.5) is 5.69 Å². The SMILES string of the molecule is CCCOc1ccc(C(=O)Nc2cccc(OCC3CCCO3)c2)cc1. The van der Waals surface area contributed by atoms with Gasteiger partial charge in [-0.3, -0.25) is 4.79 Å². The molecule has 3 rings (SSSR count). The predicted octanol–water partition coefficient (Wildman–Crippen LogP) is 4.29. The Balaban J connectivity index is 1.55. The second-order valence-electron chi connectivity index (χ2n) is 6.30. The summed E-state index contributed by atoms with van der Waals surface area (Å²) in [5.41, 5.74) is 1.28. The monoisotopic (exact) mass is 355 g/mol. The molecule has 0 radical (unpaired) electrons. The van der Waals surface area contributed by atoms with E-state index >= 15 is 0 Å². The zero-order valence-electron chi connectivity index (χ0n) is 15.1. The van der Waals surface area contributed by atoms with Crippen molar-refractivity contribution in [2.75, 3.05) is 25.1 Å². The quantitative estimate of drug-likeness (QED) is 0.768. The molecule has 1 heterocycles. The summed E-state index contributed by atoms with van der Waals surface area (Å²) in [4.78, 5) is 12.4. The second kappa shape index (κ2) is 9.25. The van der Waals surface area contributed by atoms with Crippen molar-refractivity contribution in [1.82, 2.24) is 0 Å². The van der Waals surface area contributed by atoms with E-state index in [2.05, 4.69) is 12.2 Å². The second-order valence-corrected chi connectivity index (χ2v) is 6.30. The Labute approximate surface area is 154 Å². The first-order valence-electron chi connectivity index (χ1n) is 9.13. The number of ether oxygens (including phenoxy) is 3. The fourth-order valence-corrected chi connectivity index (χ4v) is 2.75. The van der Waals surface area contributed by atoms with Crippen molar-refractivity contribution in [1.29, 1.82) is 0 Å². The van der Waals surface area contributed by atoms with Gasteiger partial charge in [0.15, 0.2) is 0 Å². The summed E-state index contributed by atoms with van der Waals surface area (Å²) in [5, 5.41) is 2.90. The number of hydrogen-bond donors (Lipinski definition) is 1. The zero-order chi connectivity index (χ0) is 18.2. The molecule has 5 nitrogen and oxygen atoms in total. The molecule has 26 heavy (non-hydrogen) atoms. The van der Waals surface area contributed by atoms with Gasteiger partial charge in [-0.25, -0.2) is 0 Å². The molecule has 1 unspecified atom stereocenters. The van der Waals surface area contributed by atoms with Crippen LogP contribution in [0.5, 0.6) is 11.5 Å². The van der Waals surface area contributed by atoms with Gasteiger partial charge < -0.3 is 19.5 Å². The first kappa shape index (κ1) is 18.3. The Morgan fingerprint density at radius 2 is 2.00 bits per heavy atom. The summed E-state index contributed by atoms with van der Waals surface area (Å²) < 4.78 is 16.9.